The molecule has 0 saturated heterocycles. The van der Waals surface area contributed by atoms with Crippen LogP contribution in [-0.4, -0.2) is 24.1 Å². The van der Waals surface area contributed by atoms with Gasteiger partial charge in [0.25, 0.3) is 5.91 Å². The third-order valence-corrected chi connectivity index (χ3v) is 5.99. The first-order valence-corrected chi connectivity index (χ1v) is 8.68. The number of carbonyl (C=O) groups is 1. The van der Waals surface area contributed by atoms with Crippen molar-refractivity contribution in [2.24, 2.45) is 0 Å². The zero-order chi connectivity index (χ0) is 15.7. The first kappa shape index (κ1) is 15.7. The molecule has 1 amide bonds. The van der Waals surface area contributed by atoms with E-state index in [1.165, 1.54) is 23.5 Å². The number of hydrogen-bond acceptors (Lipinski definition) is 5. The number of anilines is 1. The molecular formula is C14H16N2O3S2. The number of rotatable bonds is 3. The third-order valence-electron chi connectivity index (χ3n) is 2.89. The Morgan fingerprint density at radius 3 is 2.29 bits per heavy atom. The van der Waals surface area contributed by atoms with Crippen molar-refractivity contribution in [3.8, 4) is 0 Å². The lowest BCUT2D eigenvalue weighted by molar-refractivity contribution is 0.102. The van der Waals surface area contributed by atoms with Gasteiger partial charge in [-0.3, -0.25) is 4.79 Å². The Labute approximate surface area is 128 Å². The summed E-state index contributed by atoms with van der Waals surface area (Å²) in [5, 5.41) is 4.32. The highest BCUT2D eigenvalue weighted by atomic mass is 32.2. The molecule has 0 atom stereocenters. The van der Waals surface area contributed by atoms with Crippen LogP contribution in [0.4, 0.5) is 5.69 Å². The summed E-state index contributed by atoms with van der Waals surface area (Å²) in [6.45, 7) is 4.96. The summed E-state index contributed by atoms with van der Waals surface area (Å²) < 4.78 is 23.7. The molecule has 7 heteroatoms. The molecular weight excluding hydrogens is 308 g/mol. The van der Waals surface area contributed by atoms with E-state index in [9.17, 15) is 13.2 Å². The molecule has 0 unspecified atom stereocenters. The maximum Gasteiger partial charge on any atom is 0.275 e. The zero-order valence-electron chi connectivity index (χ0n) is 12.0. The standard InChI is InChI=1S/C14H16N2O3S2/c1-14(2,3)21(18,19)11-6-4-10(5-7-11)16-13(17)12-8-20-9-15-12/h4-9H,1-3H3,(H,16,17). The van der Waals surface area contributed by atoms with E-state index >= 15 is 0 Å². The Morgan fingerprint density at radius 1 is 1.19 bits per heavy atom. The Morgan fingerprint density at radius 2 is 1.81 bits per heavy atom. The van der Waals surface area contributed by atoms with Crippen molar-refractivity contribution in [3.63, 3.8) is 0 Å². The lowest BCUT2D eigenvalue weighted by Crippen LogP contribution is -2.27. The molecule has 2 rings (SSSR count). The Hall–Kier alpha value is -1.73. The van der Waals surface area contributed by atoms with Crippen molar-refractivity contribution in [3.05, 3.63) is 40.8 Å². The predicted molar refractivity (Wildman–Crippen MR) is 83.4 cm³/mol. The summed E-state index contributed by atoms with van der Waals surface area (Å²) in [6, 6.07) is 6.14. The normalized spacial score (nSPS) is 12.1. The van der Waals surface area contributed by atoms with E-state index in [-0.39, 0.29) is 10.8 Å². The van der Waals surface area contributed by atoms with Crippen molar-refractivity contribution >= 4 is 32.8 Å². The molecule has 0 bridgehead atoms. The molecule has 0 aliphatic heterocycles. The van der Waals surface area contributed by atoms with Crippen LogP contribution in [0.5, 0.6) is 0 Å². The van der Waals surface area contributed by atoms with Crippen LogP contribution in [0.3, 0.4) is 0 Å². The number of aromatic nitrogens is 1. The van der Waals surface area contributed by atoms with Gasteiger partial charge in [0.15, 0.2) is 9.84 Å². The first-order chi connectivity index (χ1) is 9.72. The van der Waals surface area contributed by atoms with Crippen molar-refractivity contribution in [2.75, 3.05) is 5.32 Å². The number of hydrogen-bond donors (Lipinski definition) is 1. The van der Waals surface area contributed by atoms with E-state index in [0.717, 1.165) is 0 Å². The number of sulfone groups is 1. The molecule has 0 spiro atoms. The average molecular weight is 324 g/mol. The molecule has 0 radical (unpaired) electrons. The number of amides is 1. The van der Waals surface area contributed by atoms with Crippen LogP contribution in [0, 0.1) is 0 Å². The monoisotopic (exact) mass is 324 g/mol. The van der Waals surface area contributed by atoms with Gasteiger partial charge in [0, 0.05) is 11.1 Å². The largest absolute Gasteiger partial charge is 0.321 e. The molecule has 0 aliphatic rings. The van der Waals surface area contributed by atoms with Gasteiger partial charge in [-0.1, -0.05) is 0 Å². The van der Waals surface area contributed by atoms with Gasteiger partial charge in [-0.15, -0.1) is 11.3 Å². The second-order valence-electron chi connectivity index (χ2n) is 5.47. The molecule has 5 nitrogen and oxygen atoms in total. The SMILES string of the molecule is CC(C)(C)S(=O)(=O)c1ccc(NC(=O)c2cscn2)cc1. The zero-order valence-corrected chi connectivity index (χ0v) is 13.6. The molecule has 1 aromatic carbocycles. The van der Waals surface area contributed by atoms with Gasteiger partial charge < -0.3 is 5.32 Å². The fourth-order valence-corrected chi connectivity index (χ4v) is 3.32. The van der Waals surface area contributed by atoms with E-state index in [1.54, 1.807) is 43.8 Å². The predicted octanol–water partition coefficient (Wildman–Crippen LogP) is 2.97. The number of thiazole rings is 1. The van der Waals surface area contributed by atoms with Crippen molar-refractivity contribution in [1.29, 1.82) is 0 Å². The first-order valence-electron chi connectivity index (χ1n) is 6.26. The Kier molecular flexibility index (Phi) is 4.15. The van der Waals surface area contributed by atoms with Crippen molar-refractivity contribution in [2.45, 2.75) is 30.4 Å². The number of benzene rings is 1. The van der Waals surface area contributed by atoms with E-state index in [1.807, 2.05) is 0 Å². The van der Waals surface area contributed by atoms with Crippen LogP contribution in [-0.2, 0) is 9.84 Å². The van der Waals surface area contributed by atoms with Crippen LogP contribution < -0.4 is 5.32 Å². The van der Waals surface area contributed by atoms with E-state index in [4.69, 9.17) is 0 Å². The molecule has 0 aliphatic carbocycles. The van der Waals surface area contributed by atoms with Gasteiger partial charge in [-0.25, -0.2) is 13.4 Å². The van der Waals surface area contributed by atoms with Crippen LogP contribution in [0.2, 0.25) is 0 Å². The highest BCUT2D eigenvalue weighted by Crippen LogP contribution is 2.25. The second kappa shape index (κ2) is 5.57. The van der Waals surface area contributed by atoms with Crippen molar-refractivity contribution < 1.29 is 13.2 Å². The average Bonchev–Trinajstić information content (AvgIpc) is 2.92. The van der Waals surface area contributed by atoms with Gasteiger partial charge >= 0.3 is 0 Å². The minimum Gasteiger partial charge on any atom is -0.321 e. The summed E-state index contributed by atoms with van der Waals surface area (Å²) >= 11 is 1.34. The molecule has 0 saturated carbocycles. The summed E-state index contributed by atoms with van der Waals surface area (Å²) in [7, 11) is -3.39. The van der Waals surface area contributed by atoms with E-state index in [0.29, 0.717) is 11.4 Å². The van der Waals surface area contributed by atoms with Gasteiger partial charge in [0.2, 0.25) is 0 Å². The van der Waals surface area contributed by atoms with Crippen LogP contribution in [0.15, 0.2) is 40.1 Å². The van der Waals surface area contributed by atoms with Gasteiger partial charge in [0.1, 0.15) is 5.69 Å². The highest BCUT2D eigenvalue weighted by molar-refractivity contribution is 7.92. The minimum absolute atomic E-state index is 0.238. The second-order valence-corrected chi connectivity index (χ2v) is 8.89. The van der Waals surface area contributed by atoms with Crippen LogP contribution >= 0.6 is 11.3 Å². The summed E-state index contributed by atoms with van der Waals surface area (Å²) in [5.41, 5.74) is 2.45. The molecule has 112 valence electrons. The molecule has 1 aromatic heterocycles. The Bertz CT molecular complexity index is 728. The van der Waals surface area contributed by atoms with E-state index < -0.39 is 14.6 Å². The maximum absolute atomic E-state index is 12.3. The summed E-state index contributed by atoms with van der Waals surface area (Å²) in [4.78, 5) is 16.0. The van der Waals surface area contributed by atoms with Gasteiger partial charge in [-0.2, -0.15) is 0 Å². The Balaban J connectivity index is 2.19. The number of nitrogens with one attached hydrogen (secondary N) is 1. The topological polar surface area (TPSA) is 76.1 Å². The summed E-state index contributed by atoms with van der Waals surface area (Å²) in [5.74, 6) is -0.317. The fourth-order valence-electron chi connectivity index (χ4n) is 1.59. The minimum atomic E-state index is -3.39. The lowest BCUT2D eigenvalue weighted by atomic mass is 10.3. The molecule has 1 heterocycles. The van der Waals surface area contributed by atoms with Crippen LogP contribution in [0.25, 0.3) is 0 Å². The number of nitrogens with zero attached hydrogens (tertiary/aromatic N) is 1. The quantitative estimate of drug-likeness (QED) is 0.941. The summed E-state index contributed by atoms with van der Waals surface area (Å²) in [6.07, 6.45) is 0. The van der Waals surface area contributed by atoms with Crippen LogP contribution in [0.1, 0.15) is 31.3 Å². The molecule has 0 fully saturated rings. The molecule has 21 heavy (non-hydrogen) atoms. The van der Waals surface area contributed by atoms with E-state index in [2.05, 4.69) is 10.3 Å². The van der Waals surface area contributed by atoms with Gasteiger partial charge in [0.05, 0.1) is 15.2 Å². The smallest absolute Gasteiger partial charge is 0.275 e. The maximum atomic E-state index is 12.3. The molecule has 2 aromatic rings. The third kappa shape index (κ3) is 3.30. The van der Waals surface area contributed by atoms with Crippen molar-refractivity contribution in [1.82, 2.24) is 4.98 Å². The lowest BCUT2D eigenvalue weighted by Gasteiger charge is -2.19. The van der Waals surface area contributed by atoms with Gasteiger partial charge in [-0.05, 0) is 45.0 Å². The fraction of sp³-hybridized carbons (Fsp3) is 0.286. The highest BCUT2D eigenvalue weighted by Gasteiger charge is 2.30. The molecule has 1 N–H and O–H groups in total. The number of carbonyl (C=O) groups excluding carboxylic acids is 1.